The molecule has 0 aliphatic carbocycles. The Hall–Kier alpha value is -1.60. The molecule has 0 amide bonds. The van der Waals surface area contributed by atoms with Gasteiger partial charge >= 0.3 is 0 Å². The van der Waals surface area contributed by atoms with E-state index in [-0.39, 0.29) is 0 Å². The number of hydrogen-bond donors (Lipinski definition) is 0. The molecule has 0 saturated carbocycles. The van der Waals surface area contributed by atoms with Gasteiger partial charge in [0.25, 0.3) is 0 Å². The van der Waals surface area contributed by atoms with E-state index >= 15 is 0 Å². The van der Waals surface area contributed by atoms with Crippen molar-refractivity contribution in [2.45, 2.75) is 71.6 Å². The molecule has 0 N–H and O–H groups in total. The van der Waals surface area contributed by atoms with Crippen LogP contribution in [0.5, 0.6) is 0 Å². The van der Waals surface area contributed by atoms with Crippen molar-refractivity contribution >= 4 is 11.4 Å². The van der Waals surface area contributed by atoms with Gasteiger partial charge in [0.1, 0.15) is 11.4 Å². The number of rotatable bonds is 13. The summed E-state index contributed by atoms with van der Waals surface area (Å²) in [6.07, 6.45) is 12.2. The van der Waals surface area contributed by atoms with Gasteiger partial charge in [-0.05, 0) is 43.5 Å². The number of quaternary nitrogens is 1. The molecular weight excluding hydrogens is 314 g/mol. The highest BCUT2D eigenvalue weighted by atomic mass is 15.4. The molecular formula is C25H38N+. The molecule has 0 aromatic heterocycles. The number of nitrogens with zero attached hydrogens (tertiary/aromatic N) is 1. The quantitative estimate of drug-likeness (QED) is 0.254. The topological polar surface area (TPSA) is 0 Å². The summed E-state index contributed by atoms with van der Waals surface area (Å²) >= 11 is 0. The van der Waals surface area contributed by atoms with E-state index in [0.717, 1.165) is 4.48 Å². The van der Waals surface area contributed by atoms with E-state index in [1.807, 2.05) is 0 Å². The van der Waals surface area contributed by atoms with Crippen molar-refractivity contribution in [3.05, 3.63) is 60.7 Å². The van der Waals surface area contributed by atoms with Gasteiger partial charge in [-0.3, -0.25) is 4.48 Å². The van der Waals surface area contributed by atoms with Crippen molar-refractivity contribution in [2.24, 2.45) is 0 Å². The molecule has 2 aromatic carbocycles. The molecule has 0 aliphatic heterocycles. The van der Waals surface area contributed by atoms with Crippen LogP contribution < -0.4 is 4.48 Å². The molecule has 0 unspecified atom stereocenters. The van der Waals surface area contributed by atoms with E-state index in [0.29, 0.717) is 0 Å². The predicted molar refractivity (Wildman–Crippen MR) is 117 cm³/mol. The monoisotopic (exact) mass is 352 g/mol. The number of hydrogen-bond acceptors (Lipinski definition) is 0. The molecule has 2 rings (SSSR count). The lowest BCUT2D eigenvalue weighted by molar-refractivity contribution is 0.366. The lowest BCUT2D eigenvalue weighted by atomic mass is 10.1. The van der Waals surface area contributed by atoms with Gasteiger partial charge in [0.05, 0.1) is 13.1 Å². The summed E-state index contributed by atoms with van der Waals surface area (Å²) in [6.45, 7) is 6.98. The summed E-state index contributed by atoms with van der Waals surface area (Å²) in [4.78, 5) is 0. The maximum absolute atomic E-state index is 2.31. The van der Waals surface area contributed by atoms with Gasteiger partial charge in [-0.1, -0.05) is 88.8 Å². The van der Waals surface area contributed by atoms with Crippen LogP contribution in [0.4, 0.5) is 11.4 Å². The maximum Gasteiger partial charge on any atom is 0.137 e. The minimum absolute atomic E-state index is 0.994. The largest absolute Gasteiger partial charge is 0.259 e. The Bertz CT molecular complexity index is 536. The highest BCUT2D eigenvalue weighted by Crippen LogP contribution is 2.35. The Morgan fingerprint density at radius 2 is 0.962 bits per heavy atom. The number of unbranched alkanes of at least 4 members (excludes halogenated alkanes) is 7. The molecule has 1 nitrogen and oxygen atoms in total. The first-order chi connectivity index (χ1) is 12.8. The van der Waals surface area contributed by atoms with Crippen molar-refractivity contribution in [1.82, 2.24) is 4.48 Å². The predicted octanol–water partition coefficient (Wildman–Crippen LogP) is 7.88. The second-order valence-electron chi connectivity index (χ2n) is 7.56. The molecule has 1 heteroatoms. The van der Waals surface area contributed by atoms with Crippen molar-refractivity contribution in [2.75, 3.05) is 13.1 Å². The van der Waals surface area contributed by atoms with Crippen LogP contribution in [0.25, 0.3) is 0 Å². The van der Waals surface area contributed by atoms with Crippen LogP contribution in [0.3, 0.4) is 0 Å². The van der Waals surface area contributed by atoms with E-state index in [2.05, 4.69) is 74.5 Å². The average Bonchev–Trinajstić information content (AvgIpc) is 2.70. The molecule has 0 bridgehead atoms. The van der Waals surface area contributed by atoms with Gasteiger partial charge < -0.3 is 0 Å². The van der Waals surface area contributed by atoms with Crippen molar-refractivity contribution in [1.29, 1.82) is 0 Å². The third kappa shape index (κ3) is 5.99. The summed E-state index contributed by atoms with van der Waals surface area (Å²) in [5, 5.41) is 0. The zero-order valence-electron chi connectivity index (χ0n) is 17.0. The number of para-hydroxylation sites is 2. The van der Waals surface area contributed by atoms with Crippen LogP contribution in [0.15, 0.2) is 60.7 Å². The van der Waals surface area contributed by atoms with E-state index in [1.54, 1.807) is 0 Å². The Labute approximate surface area is 161 Å². The fourth-order valence-electron chi connectivity index (χ4n) is 4.10. The highest BCUT2D eigenvalue weighted by molar-refractivity contribution is 5.58. The second kappa shape index (κ2) is 11.9. The summed E-state index contributed by atoms with van der Waals surface area (Å²) < 4.78 is 0.994. The van der Waals surface area contributed by atoms with Gasteiger partial charge in [0.2, 0.25) is 0 Å². The van der Waals surface area contributed by atoms with E-state index in [1.165, 1.54) is 82.3 Å². The summed E-state index contributed by atoms with van der Waals surface area (Å²) in [5.74, 6) is 0. The minimum Gasteiger partial charge on any atom is -0.259 e. The molecule has 0 spiro atoms. The lowest BCUT2D eigenvalue weighted by Crippen LogP contribution is -2.45. The smallest absolute Gasteiger partial charge is 0.137 e. The Morgan fingerprint density at radius 3 is 1.42 bits per heavy atom. The first-order valence-corrected chi connectivity index (χ1v) is 10.8. The van der Waals surface area contributed by atoms with Crippen LogP contribution in [0.1, 0.15) is 71.6 Å². The zero-order valence-corrected chi connectivity index (χ0v) is 17.0. The third-order valence-corrected chi connectivity index (χ3v) is 5.50. The second-order valence-corrected chi connectivity index (χ2v) is 7.56. The molecule has 0 saturated heterocycles. The fourth-order valence-corrected chi connectivity index (χ4v) is 4.10. The lowest BCUT2D eigenvalue weighted by Gasteiger charge is -2.38. The molecule has 2 aromatic rings. The first kappa shape index (κ1) is 20.7. The molecule has 0 fully saturated rings. The highest BCUT2D eigenvalue weighted by Gasteiger charge is 2.31. The van der Waals surface area contributed by atoms with Gasteiger partial charge in [0, 0.05) is 0 Å². The molecule has 0 aliphatic rings. The van der Waals surface area contributed by atoms with E-state index < -0.39 is 0 Å². The molecule has 0 atom stereocenters. The average molecular weight is 353 g/mol. The Kier molecular flexibility index (Phi) is 9.48. The van der Waals surface area contributed by atoms with Crippen molar-refractivity contribution in [3.63, 3.8) is 0 Å². The van der Waals surface area contributed by atoms with Crippen LogP contribution in [0.2, 0.25) is 0 Å². The maximum atomic E-state index is 2.31. The molecule has 142 valence electrons. The van der Waals surface area contributed by atoms with Gasteiger partial charge in [-0.25, -0.2) is 0 Å². The van der Waals surface area contributed by atoms with Crippen molar-refractivity contribution < 1.29 is 0 Å². The van der Waals surface area contributed by atoms with Gasteiger partial charge in [-0.2, -0.15) is 0 Å². The zero-order chi connectivity index (χ0) is 18.5. The van der Waals surface area contributed by atoms with Crippen molar-refractivity contribution in [3.8, 4) is 0 Å². The fraction of sp³-hybridized carbons (Fsp3) is 0.520. The van der Waals surface area contributed by atoms with Crippen LogP contribution in [-0.2, 0) is 0 Å². The summed E-state index contributed by atoms with van der Waals surface area (Å²) in [6, 6.07) is 22.3. The molecule has 0 heterocycles. The summed E-state index contributed by atoms with van der Waals surface area (Å²) in [7, 11) is 0. The summed E-state index contributed by atoms with van der Waals surface area (Å²) in [5.41, 5.74) is 2.87. The Balaban J connectivity index is 2.04. The minimum atomic E-state index is 0.994. The van der Waals surface area contributed by atoms with Crippen LogP contribution in [-0.4, -0.2) is 13.1 Å². The normalized spacial score (nSPS) is 11.6. The van der Waals surface area contributed by atoms with Gasteiger partial charge in [-0.15, -0.1) is 0 Å². The molecule has 0 radical (unpaired) electrons. The van der Waals surface area contributed by atoms with E-state index in [4.69, 9.17) is 0 Å². The third-order valence-electron chi connectivity index (χ3n) is 5.50. The standard InChI is InChI=1S/C25H38N/c1-3-5-6-7-8-9-10-17-23-26(22-4-2,24-18-13-11-14-19-24)25-20-15-12-16-21-25/h11-16,18-21H,3-10,17,22-23H2,1-2H3/q+1. The van der Waals surface area contributed by atoms with Crippen LogP contribution in [0, 0.1) is 0 Å². The van der Waals surface area contributed by atoms with E-state index in [9.17, 15) is 0 Å². The first-order valence-electron chi connectivity index (χ1n) is 10.8. The number of benzene rings is 2. The van der Waals surface area contributed by atoms with Gasteiger partial charge in [0.15, 0.2) is 0 Å². The SMILES string of the molecule is CCCCCCCCCC[N+](CCC)(c1ccccc1)c1ccccc1. The Morgan fingerprint density at radius 1 is 0.500 bits per heavy atom. The molecule has 26 heavy (non-hydrogen) atoms. The van der Waals surface area contributed by atoms with Crippen LogP contribution >= 0.6 is 0 Å².